The van der Waals surface area contributed by atoms with Crippen molar-refractivity contribution in [2.24, 2.45) is 5.10 Å². The number of halogens is 1. The Morgan fingerprint density at radius 1 is 1.52 bits per heavy atom. The number of hydrogen-bond donors (Lipinski definition) is 1. The van der Waals surface area contributed by atoms with Gasteiger partial charge in [0.05, 0.1) is 23.3 Å². The third-order valence-electron chi connectivity index (χ3n) is 2.90. The maximum atomic E-state index is 10.6. The lowest BCUT2D eigenvalue weighted by Crippen LogP contribution is -1.99. The zero-order valence-corrected chi connectivity index (χ0v) is 13.9. The maximum Gasteiger partial charge on any atom is 0.287 e. The number of ether oxygens (including phenoxy) is 2. The van der Waals surface area contributed by atoms with Crippen molar-refractivity contribution in [1.82, 2.24) is 4.98 Å². The van der Waals surface area contributed by atoms with Gasteiger partial charge in [0.2, 0.25) is 0 Å². The Bertz CT molecular complexity index is 831. The molecule has 1 heterocycles. The quantitative estimate of drug-likeness (QED) is 0.352. The highest BCUT2D eigenvalue weighted by Crippen LogP contribution is 2.35. The van der Waals surface area contributed by atoms with E-state index in [9.17, 15) is 10.1 Å². The number of aromatic nitrogens is 1. The van der Waals surface area contributed by atoms with E-state index in [2.05, 4.69) is 21.4 Å². The van der Waals surface area contributed by atoms with Crippen LogP contribution in [0.4, 0.5) is 11.5 Å². The van der Waals surface area contributed by atoms with E-state index in [1.165, 1.54) is 25.5 Å². The number of pyridine rings is 1. The van der Waals surface area contributed by atoms with Crippen LogP contribution in [0.1, 0.15) is 5.56 Å². The van der Waals surface area contributed by atoms with Gasteiger partial charge in [0, 0.05) is 6.07 Å². The van der Waals surface area contributed by atoms with Crippen LogP contribution in [0.15, 0.2) is 35.6 Å². The standard InChI is InChI=1S/C16H13ClN4O4/c1-3-6-25-16-13(17)7-11(8-14(16)24-2)9-19-20-15-5-4-12(10-18-15)21(22)23/h1,4-5,7-10H,6H2,2H3,(H,18,20)/b19-9-. The Morgan fingerprint density at radius 2 is 2.32 bits per heavy atom. The van der Waals surface area contributed by atoms with Gasteiger partial charge in [-0.1, -0.05) is 17.5 Å². The van der Waals surface area contributed by atoms with E-state index in [1.54, 1.807) is 12.1 Å². The summed E-state index contributed by atoms with van der Waals surface area (Å²) >= 11 is 6.16. The minimum atomic E-state index is -0.530. The molecule has 0 aliphatic heterocycles. The molecule has 0 fully saturated rings. The van der Waals surface area contributed by atoms with Crippen LogP contribution < -0.4 is 14.9 Å². The normalized spacial score (nSPS) is 10.3. The molecule has 0 amide bonds. The third-order valence-corrected chi connectivity index (χ3v) is 3.18. The third kappa shape index (κ3) is 4.83. The zero-order valence-electron chi connectivity index (χ0n) is 13.1. The number of nitrogens with one attached hydrogen (secondary N) is 1. The van der Waals surface area contributed by atoms with Crippen LogP contribution in [0.2, 0.25) is 5.02 Å². The summed E-state index contributed by atoms with van der Waals surface area (Å²) in [5.41, 5.74) is 3.20. The Balaban J connectivity index is 2.11. The zero-order chi connectivity index (χ0) is 18.2. The van der Waals surface area contributed by atoms with Gasteiger partial charge in [-0.15, -0.1) is 6.42 Å². The van der Waals surface area contributed by atoms with Crippen LogP contribution in [-0.2, 0) is 0 Å². The van der Waals surface area contributed by atoms with Crippen LogP contribution in [-0.4, -0.2) is 29.8 Å². The van der Waals surface area contributed by atoms with E-state index < -0.39 is 4.92 Å². The van der Waals surface area contributed by atoms with Gasteiger partial charge >= 0.3 is 0 Å². The van der Waals surface area contributed by atoms with Gasteiger partial charge in [0.25, 0.3) is 5.69 Å². The summed E-state index contributed by atoms with van der Waals surface area (Å²) in [6, 6.07) is 6.07. The van der Waals surface area contributed by atoms with Crippen molar-refractivity contribution in [3.8, 4) is 23.8 Å². The van der Waals surface area contributed by atoms with E-state index in [1.807, 2.05) is 0 Å². The lowest BCUT2D eigenvalue weighted by molar-refractivity contribution is -0.385. The number of hydrogen-bond acceptors (Lipinski definition) is 7. The molecule has 1 N–H and O–H groups in total. The molecule has 0 spiro atoms. The predicted molar refractivity (Wildman–Crippen MR) is 94.4 cm³/mol. The molecule has 0 bridgehead atoms. The molecule has 2 aromatic rings. The first-order valence-electron chi connectivity index (χ1n) is 6.88. The molecule has 128 valence electrons. The molecule has 0 atom stereocenters. The summed E-state index contributed by atoms with van der Waals surface area (Å²) in [7, 11) is 1.48. The van der Waals surface area contributed by atoms with Crippen molar-refractivity contribution in [2.45, 2.75) is 0 Å². The van der Waals surface area contributed by atoms with Gasteiger partial charge in [-0.25, -0.2) is 4.98 Å². The first-order chi connectivity index (χ1) is 12.0. The van der Waals surface area contributed by atoms with Crippen LogP contribution in [0.5, 0.6) is 11.5 Å². The summed E-state index contributed by atoms with van der Waals surface area (Å²) in [4.78, 5) is 13.9. The minimum absolute atomic E-state index is 0.0664. The molecule has 0 saturated carbocycles. The summed E-state index contributed by atoms with van der Waals surface area (Å²) in [5.74, 6) is 3.47. The Labute approximate surface area is 148 Å². The predicted octanol–water partition coefficient (Wildman–Crippen LogP) is 3.11. The highest BCUT2D eigenvalue weighted by Gasteiger charge is 2.11. The molecular weight excluding hydrogens is 348 g/mol. The van der Waals surface area contributed by atoms with Crippen molar-refractivity contribution in [3.63, 3.8) is 0 Å². The molecule has 0 saturated heterocycles. The monoisotopic (exact) mass is 360 g/mol. The lowest BCUT2D eigenvalue weighted by atomic mass is 10.2. The molecule has 0 aliphatic carbocycles. The summed E-state index contributed by atoms with van der Waals surface area (Å²) in [6.07, 6.45) is 7.79. The van der Waals surface area contributed by atoms with Crippen LogP contribution >= 0.6 is 11.6 Å². The molecule has 0 aliphatic rings. The highest BCUT2D eigenvalue weighted by atomic mass is 35.5. The Morgan fingerprint density at radius 3 is 2.92 bits per heavy atom. The first-order valence-corrected chi connectivity index (χ1v) is 7.26. The second-order valence-corrected chi connectivity index (χ2v) is 4.96. The summed E-state index contributed by atoms with van der Waals surface area (Å²) in [6.45, 7) is 0.0664. The average molecular weight is 361 g/mol. The molecule has 1 aromatic heterocycles. The van der Waals surface area contributed by atoms with Crippen molar-refractivity contribution >= 4 is 29.3 Å². The van der Waals surface area contributed by atoms with Gasteiger partial charge in [-0.3, -0.25) is 15.5 Å². The van der Waals surface area contributed by atoms with Gasteiger partial charge in [0.15, 0.2) is 11.5 Å². The van der Waals surface area contributed by atoms with Crippen molar-refractivity contribution in [3.05, 3.63) is 51.2 Å². The lowest BCUT2D eigenvalue weighted by Gasteiger charge is -2.11. The Hall–Kier alpha value is -3.31. The van der Waals surface area contributed by atoms with Crippen molar-refractivity contribution in [1.29, 1.82) is 0 Å². The summed E-state index contributed by atoms with van der Waals surface area (Å²) in [5, 5.41) is 14.9. The second kappa shape index (κ2) is 8.52. The van der Waals surface area contributed by atoms with Gasteiger partial charge < -0.3 is 9.47 Å². The van der Waals surface area contributed by atoms with E-state index in [-0.39, 0.29) is 12.3 Å². The highest BCUT2D eigenvalue weighted by molar-refractivity contribution is 6.32. The smallest absolute Gasteiger partial charge is 0.287 e. The van der Waals surface area contributed by atoms with E-state index in [0.717, 1.165) is 6.20 Å². The number of hydrazone groups is 1. The molecule has 25 heavy (non-hydrogen) atoms. The number of methoxy groups -OCH3 is 1. The van der Waals surface area contributed by atoms with Crippen LogP contribution in [0.3, 0.4) is 0 Å². The number of terminal acetylenes is 1. The van der Waals surface area contributed by atoms with E-state index >= 15 is 0 Å². The number of anilines is 1. The molecule has 0 unspecified atom stereocenters. The first kappa shape index (κ1) is 18.0. The SMILES string of the molecule is C#CCOc1c(Cl)cc(/C=N\Nc2ccc([N+](=O)[O-])cn2)cc1OC. The molecule has 2 rings (SSSR count). The van der Waals surface area contributed by atoms with Gasteiger partial charge in [-0.2, -0.15) is 5.10 Å². The molecular formula is C16H13ClN4O4. The fourth-order valence-corrected chi connectivity index (χ4v) is 2.08. The largest absolute Gasteiger partial charge is 0.493 e. The minimum Gasteiger partial charge on any atom is -0.493 e. The van der Waals surface area contributed by atoms with Gasteiger partial charge in [0.1, 0.15) is 18.6 Å². The Kier molecular flexibility index (Phi) is 6.14. The van der Waals surface area contributed by atoms with Crippen molar-refractivity contribution < 1.29 is 14.4 Å². The number of nitrogens with zero attached hydrogens (tertiary/aromatic N) is 3. The van der Waals surface area contributed by atoms with Crippen LogP contribution in [0.25, 0.3) is 0 Å². The fraction of sp³-hybridized carbons (Fsp3) is 0.125. The fourth-order valence-electron chi connectivity index (χ4n) is 1.80. The molecule has 8 nitrogen and oxygen atoms in total. The molecule has 0 radical (unpaired) electrons. The van der Waals surface area contributed by atoms with Gasteiger partial charge in [-0.05, 0) is 23.8 Å². The maximum absolute atomic E-state index is 10.6. The summed E-state index contributed by atoms with van der Waals surface area (Å²) < 4.78 is 10.6. The number of nitro groups is 1. The number of rotatable bonds is 7. The number of benzene rings is 1. The molecule has 1 aromatic carbocycles. The molecule has 9 heteroatoms. The van der Waals surface area contributed by atoms with Crippen LogP contribution in [0, 0.1) is 22.5 Å². The van der Waals surface area contributed by atoms with Crippen molar-refractivity contribution in [2.75, 3.05) is 19.1 Å². The average Bonchev–Trinajstić information content (AvgIpc) is 2.61. The van der Waals surface area contributed by atoms with E-state index in [4.69, 9.17) is 27.5 Å². The second-order valence-electron chi connectivity index (χ2n) is 4.56. The van der Waals surface area contributed by atoms with E-state index in [0.29, 0.717) is 27.9 Å². The topological polar surface area (TPSA) is 98.9 Å².